The number of carbonyl (C=O) groups is 2. The molecule has 6 heteroatoms. The number of rotatable bonds is 6. The van der Waals surface area contributed by atoms with Gasteiger partial charge in [-0.25, -0.2) is 0 Å². The molecule has 0 bridgehead atoms. The monoisotopic (exact) mass is 404 g/mol. The molecule has 1 unspecified atom stereocenters. The van der Waals surface area contributed by atoms with Crippen molar-refractivity contribution in [3.63, 3.8) is 0 Å². The normalized spacial score (nSPS) is 16.0. The molecule has 1 heterocycles. The molecule has 6 nitrogen and oxygen atoms in total. The maximum absolute atomic E-state index is 12.7. The average Bonchev–Trinajstić information content (AvgIpc) is 3.13. The maximum Gasteiger partial charge on any atom is 0.229 e. The van der Waals surface area contributed by atoms with Crippen molar-refractivity contribution in [1.82, 2.24) is 5.32 Å². The lowest BCUT2D eigenvalue weighted by atomic mass is 10.0. The Morgan fingerprint density at radius 2 is 1.80 bits per heavy atom. The maximum atomic E-state index is 12.7. The van der Waals surface area contributed by atoms with Gasteiger partial charge in [0.1, 0.15) is 0 Å². The van der Waals surface area contributed by atoms with E-state index in [2.05, 4.69) is 5.32 Å². The van der Waals surface area contributed by atoms with Crippen molar-refractivity contribution in [2.75, 3.05) is 25.7 Å². The minimum Gasteiger partial charge on any atom is -0.493 e. The Kier molecular flexibility index (Phi) is 5.57. The summed E-state index contributed by atoms with van der Waals surface area (Å²) in [7, 11) is 3.13. The van der Waals surface area contributed by atoms with Crippen molar-refractivity contribution < 1.29 is 19.1 Å². The molecule has 0 aromatic heterocycles. The SMILES string of the molecule is COc1ccc(N2CC(NC(=O)Cc3cccc4ccccc34)CC2=O)cc1OC. The van der Waals surface area contributed by atoms with Crippen LogP contribution in [0.3, 0.4) is 0 Å². The zero-order valence-electron chi connectivity index (χ0n) is 17.1. The first-order valence-electron chi connectivity index (χ1n) is 9.87. The van der Waals surface area contributed by atoms with Crippen LogP contribution in [0.15, 0.2) is 60.7 Å². The molecular formula is C24H24N2O4. The minimum atomic E-state index is -0.229. The van der Waals surface area contributed by atoms with E-state index >= 15 is 0 Å². The Hall–Kier alpha value is -3.54. The van der Waals surface area contributed by atoms with Gasteiger partial charge in [0.05, 0.1) is 26.7 Å². The summed E-state index contributed by atoms with van der Waals surface area (Å²) in [5, 5.41) is 5.20. The first kappa shape index (κ1) is 19.8. The number of methoxy groups -OCH3 is 2. The van der Waals surface area contributed by atoms with Gasteiger partial charge in [0.15, 0.2) is 11.5 Å². The van der Waals surface area contributed by atoms with Gasteiger partial charge < -0.3 is 19.7 Å². The molecule has 3 aromatic carbocycles. The molecule has 154 valence electrons. The van der Waals surface area contributed by atoms with Gasteiger partial charge in [-0.15, -0.1) is 0 Å². The van der Waals surface area contributed by atoms with Crippen LogP contribution in [0.25, 0.3) is 10.8 Å². The summed E-state index contributed by atoms with van der Waals surface area (Å²) in [5.74, 6) is 1.05. The molecule has 1 aliphatic heterocycles. The summed E-state index contributed by atoms with van der Waals surface area (Å²) in [4.78, 5) is 26.9. The molecule has 1 fully saturated rings. The van der Waals surface area contributed by atoms with E-state index in [1.54, 1.807) is 31.3 Å². The van der Waals surface area contributed by atoms with E-state index in [-0.39, 0.29) is 30.7 Å². The molecule has 0 aliphatic carbocycles. The van der Waals surface area contributed by atoms with Gasteiger partial charge in [-0.3, -0.25) is 9.59 Å². The molecular weight excluding hydrogens is 380 g/mol. The highest BCUT2D eigenvalue weighted by Gasteiger charge is 2.32. The first-order chi connectivity index (χ1) is 14.6. The largest absolute Gasteiger partial charge is 0.493 e. The molecule has 0 saturated carbocycles. The van der Waals surface area contributed by atoms with E-state index in [1.165, 1.54) is 0 Å². The fourth-order valence-corrected chi connectivity index (χ4v) is 3.94. The third-order valence-electron chi connectivity index (χ3n) is 5.40. The van der Waals surface area contributed by atoms with Crippen LogP contribution < -0.4 is 19.7 Å². The van der Waals surface area contributed by atoms with Crippen LogP contribution in [0.5, 0.6) is 11.5 Å². The Morgan fingerprint density at radius 3 is 2.60 bits per heavy atom. The molecule has 4 rings (SSSR count). The van der Waals surface area contributed by atoms with E-state index in [9.17, 15) is 9.59 Å². The van der Waals surface area contributed by atoms with Gasteiger partial charge in [-0.2, -0.15) is 0 Å². The molecule has 0 spiro atoms. The van der Waals surface area contributed by atoms with Crippen LogP contribution >= 0.6 is 0 Å². The summed E-state index contributed by atoms with van der Waals surface area (Å²) >= 11 is 0. The molecule has 1 saturated heterocycles. The number of fused-ring (bicyclic) bond motifs is 1. The third-order valence-corrected chi connectivity index (χ3v) is 5.40. The smallest absolute Gasteiger partial charge is 0.229 e. The molecule has 2 amide bonds. The first-order valence-corrected chi connectivity index (χ1v) is 9.87. The zero-order chi connectivity index (χ0) is 21.1. The average molecular weight is 404 g/mol. The number of hydrogen-bond acceptors (Lipinski definition) is 4. The highest BCUT2D eigenvalue weighted by molar-refractivity contribution is 5.97. The fourth-order valence-electron chi connectivity index (χ4n) is 3.94. The number of nitrogens with one attached hydrogen (secondary N) is 1. The summed E-state index contributed by atoms with van der Waals surface area (Å²) in [5.41, 5.74) is 1.70. The van der Waals surface area contributed by atoms with Crippen LogP contribution in [-0.2, 0) is 16.0 Å². The molecule has 1 atom stereocenters. The van der Waals surface area contributed by atoms with Crippen LogP contribution in [0.1, 0.15) is 12.0 Å². The van der Waals surface area contributed by atoms with Gasteiger partial charge >= 0.3 is 0 Å². The zero-order valence-corrected chi connectivity index (χ0v) is 17.1. The summed E-state index contributed by atoms with van der Waals surface area (Å²) in [6.07, 6.45) is 0.554. The second-order valence-electron chi connectivity index (χ2n) is 7.33. The lowest BCUT2D eigenvalue weighted by molar-refractivity contribution is -0.121. The fraction of sp³-hybridized carbons (Fsp3) is 0.250. The van der Waals surface area contributed by atoms with Crippen LogP contribution in [0.2, 0.25) is 0 Å². The quantitative estimate of drug-likeness (QED) is 0.684. The molecule has 1 N–H and O–H groups in total. The van der Waals surface area contributed by atoms with E-state index in [1.807, 2.05) is 48.5 Å². The lowest BCUT2D eigenvalue weighted by Gasteiger charge is -2.19. The van der Waals surface area contributed by atoms with Crippen molar-refractivity contribution in [3.05, 3.63) is 66.2 Å². The highest BCUT2D eigenvalue weighted by Crippen LogP contribution is 2.33. The second-order valence-corrected chi connectivity index (χ2v) is 7.33. The topological polar surface area (TPSA) is 67.9 Å². The number of benzene rings is 3. The highest BCUT2D eigenvalue weighted by atomic mass is 16.5. The number of ether oxygens (including phenoxy) is 2. The number of hydrogen-bond donors (Lipinski definition) is 1. The van der Waals surface area contributed by atoms with Crippen molar-refractivity contribution in [2.24, 2.45) is 0 Å². The van der Waals surface area contributed by atoms with Crippen molar-refractivity contribution >= 4 is 28.3 Å². The minimum absolute atomic E-state index is 0.0299. The summed E-state index contributed by atoms with van der Waals surface area (Å²) in [6.45, 7) is 0.426. The predicted molar refractivity (Wildman–Crippen MR) is 116 cm³/mol. The predicted octanol–water partition coefficient (Wildman–Crippen LogP) is 3.32. The van der Waals surface area contributed by atoms with Gasteiger partial charge in [0, 0.05) is 24.7 Å². The third kappa shape index (κ3) is 3.94. The Morgan fingerprint density at radius 1 is 1.03 bits per heavy atom. The van der Waals surface area contributed by atoms with Gasteiger partial charge in [-0.1, -0.05) is 42.5 Å². The standard InChI is InChI=1S/C24H24N2O4/c1-29-21-11-10-19(14-22(21)30-2)26-15-18(13-24(26)28)25-23(27)12-17-8-5-7-16-6-3-4-9-20(16)17/h3-11,14,18H,12-13,15H2,1-2H3,(H,25,27). The van der Waals surface area contributed by atoms with Crippen molar-refractivity contribution in [2.45, 2.75) is 18.9 Å². The number of anilines is 1. The van der Waals surface area contributed by atoms with Gasteiger partial charge in [0.2, 0.25) is 11.8 Å². The second kappa shape index (κ2) is 8.45. The van der Waals surface area contributed by atoms with E-state index in [0.29, 0.717) is 18.0 Å². The number of carbonyl (C=O) groups excluding carboxylic acids is 2. The van der Waals surface area contributed by atoms with Crippen LogP contribution in [0.4, 0.5) is 5.69 Å². The lowest BCUT2D eigenvalue weighted by Crippen LogP contribution is -2.38. The van der Waals surface area contributed by atoms with Crippen LogP contribution in [-0.4, -0.2) is 38.6 Å². The Balaban J connectivity index is 1.44. The van der Waals surface area contributed by atoms with Gasteiger partial charge in [0.25, 0.3) is 0 Å². The van der Waals surface area contributed by atoms with Crippen molar-refractivity contribution in [1.29, 1.82) is 0 Å². The molecule has 0 radical (unpaired) electrons. The van der Waals surface area contributed by atoms with E-state index < -0.39 is 0 Å². The van der Waals surface area contributed by atoms with E-state index in [4.69, 9.17) is 9.47 Å². The molecule has 30 heavy (non-hydrogen) atoms. The Labute approximate surface area is 175 Å². The van der Waals surface area contributed by atoms with Gasteiger partial charge in [-0.05, 0) is 28.5 Å². The van der Waals surface area contributed by atoms with Crippen molar-refractivity contribution in [3.8, 4) is 11.5 Å². The number of amides is 2. The van der Waals surface area contributed by atoms with Crippen LogP contribution in [0, 0.1) is 0 Å². The van der Waals surface area contributed by atoms with E-state index in [0.717, 1.165) is 22.0 Å². The summed E-state index contributed by atoms with van der Waals surface area (Å²) < 4.78 is 10.6. The Bertz CT molecular complexity index is 1090. The molecule has 3 aromatic rings. The molecule has 1 aliphatic rings. The number of nitrogens with zero attached hydrogens (tertiary/aromatic N) is 1. The summed E-state index contributed by atoms with van der Waals surface area (Å²) in [6, 6.07) is 19.1.